The van der Waals surface area contributed by atoms with Gasteiger partial charge in [0.1, 0.15) is 11.5 Å². The highest BCUT2D eigenvalue weighted by atomic mass is 16.5. The van der Waals surface area contributed by atoms with E-state index in [4.69, 9.17) is 4.74 Å². The smallest absolute Gasteiger partial charge is 0.228 e. The third kappa shape index (κ3) is 3.75. The number of phenolic OH excluding ortho intramolecular Hbond substituents is 1. The van der Waals surface area contributed by atoms with Gasteiger partial charge in [-0.15, -0.1) is 0 Å². The third-order valence-electron chi connectivity index (χ3n) is 2.76. The van der Waals surface area contributed by atoms with E-state index < -0.39 is 0 Å². The Morgan fingerprint density at radius 2 is 1.85 bits per heavy atom. The monoisotopic (exact) mass is 271 g/mol. The molecule has 2 N–H and O–H groups in total. The molecule has 104 valence electrons. The van der Waals surface area contributed by atoms with Gasteiger partial charge in [-0.3, -0.25) is 4.79 Å². The lowest BCUT2D eigenvalue weighted by Crippen LogP contribution is -2.15. The minimum atomic E-state index is -0.122. The maximum Gasteiger partial charge on any atom is 0.228 e. The fourth-order valence-electron chi connectivity index (χ4n) is 1.84. The van der Waals surface area contributed by atoms with Gasteiger partial charge in [0.25, 0.3) is 0 Å². The SMILES string of the molecule is CCOc1ccccc1NC(=O)Cc1ccc(O)cc1. The van der Waals surface area contributed by atoms with Gasteiger partial charge in [0.15, 0.2) is 0 Å². The zero-order chi connectivity index (χ0) is 14.4. The molecular weight excluding hydrogens is 254 g/mol. The molecule has 0 saturated carbocycles. The van der Waals surface area contributed by atoms with Crippen molar-refractivity contribution in [1.82, 2.24) is 0 Å². The van der Waals surface area contributed by atoms with E-state index in [1.165, 1.54) is 0 Å². The van der Waals surface area contributed by atoms with Gasteiger partial charge in [-0.25, -0.2) is 0 Å². The normalized spacial score (nSPS) is 10.1. The highest BCUT2D eigenvalue weighted by Gasteiger charge is 2.08. The summed E-state index contributed by atoms with van der Waals surface area (Å²) in [6.45, 7) is 2.44. The van der Waals surface area contributed by atoms with Crippen LogP contribution in [0.3, 0.4) is 0 Å². The Morgan fingerprint density at radius 3 is 2.55 bits per heavy atom. The molecule has 0 spiro atoms. The molecule has 0 atom stereocenters. The molecule has 0 aliphatic carbocycles. The van der Waals surface area contributed by atoms with E-state index in [0.29, 0.717) is 18.0 Å². The number of aromatic hydroxyl groups is 1. The van der Waals surface area contributed by atoms with Crippen LogP contribution in [0.2, 0.25) is 0 Å². The predicted molar refractivity (Wildman–Crippen MR) is 78.1 cm³/mol. The molecule has 0 fully saturated rings. The molecule has 20 heavy (non-hydrogen) atoms. The maximum atomic E-state index is 12.0. The molecule has 4 heteroatoms. The van der Waals surface area contributed by atoms with Crippen molar-refractivity contribution < 1.29 is 14.6 Å². The van der Waals surface area contributed by atoms with Crippen molar-refractivity contribution in [2.75, 3.05) is 11.9 Å². The van der Waals surface area contributed by atoms with Crippen molar-refractivity contribution in [3.05, 3.63) is 54.1 Å². The van der Waals surface area contributed by atoms with Crippen LogP contribution in [-0.2, 0) is 11.2 Å². The largest absolute Gasteiger partial charge is 0.508 e. The summed E-state index contributed by atoms with van der Waals surface area (Å²) in [5.41, 5.74) is 1.51. The number of para-hydroxylation sites is 2. The number of rotatable bonds is 5. The summed E-state index contributed by atoms with van der Waals surface area (Å²) in [5, 5.41) is 12.0. The van der Waals surface area contributed by atoms with Crippen molar-refractivity contribution in [1.29, 1.82) is 0 Å². The molecule has 0 aliphatic rings. The lowest BCUT2D eigenvalue weighted by Gasteiger charge is -2.11. The van der Waals surface area contributed by atoms with Crippen LogP contribution in [0.5, 0.6) is 11.5 Å². The van der Waals surface area contributed by atoms with Gasteiger partial charge in [0, 0.05) is 0 Å². The number of hydrogen-bond donors (Lipinski definition) is 2. The lowest BCUT2D eigenvalue weighted by molar-refractivity contribution is -0.115. The van der Waals surface area contributed by atoms with E-state index >= 15 is 0 Å². The Bertz CT molecular complexity index is 579. The van der Waals surface area contributed by atoms with Crippen LogP contribution in [-0.4, -0.2) is 17.6 Å². The molecule has 0 aromatic heterocycles. The number of ether oxygens (including phenoxy) is 1. The predicted octanol–water partition coefficient (Wildman–Crippen LogP) is 2.97. The number of carbonyl (C=O) groups excluding carboxylic acids is 1. The summed E-state index contributed by atoms with van der Waals surface area (Å²) in [6.07, 6.45) is 0.251. The summed E-state index contributed by atoms with van der Waals surface area (Å²) >= 11 is 0. The molecule has 0 bridgehead atoms. The molecule has 2 aromatic carbocycles. The van der Waals surface area contributed by atoms with Crippen LogP contribution in [0.25, 0.3) is 0 Å². The average Bonchev–Trinajstić information content (AvgIpc) is 2.44. The van der Waals surface area contributed by atoms with Gasteiger partial charge in [0.05, 0.1) is 18.7 Å². The average molecular weight is 271 g/mol. The Labute approximate surface area is 118 Å². The maximum absolute atomic E-state index is 12.0. The van der Waals surface area contributed by atoms with Crippen LogP contribution in [0.1, 0.15) is 12.5 Å². The van der Waals surface area contributed by atoms with Crippen molar-refractivity contribution >= 4 is 11.6 Å². The van der Waals surface area contributed by atoms with Crippen molar-refractivity contribution in [3.63, 3.8) is 0 Å². The first kappa shape index (κ1) is 13.9. The topological polar surface area (TPSA) is 58.6 Å². The highest BCUT2D eigenvalue weighted by molar-refractivity contribution is 5.93. The molecule has 0 aliphatic heterocycles. The van der Waals surface area contributed by atoms with Crippen LogP contribution < -0.4 is 10.1 Å². The quantitative estimate of drug-likeness (QED) is 0.879. The van der Waals surface area contributed by atoms with E-state index in [2.05, 4.69) is 5.32 Å². The van der Waals surface area contributed by atoms with Crippen molar-refractivity contribution in [2.45, 2.75) is 13.3 Å². The molecule has 0 radical (unpaired) electrons. The minimum absolute atomic E-state index is 0.122. The standard InChI is InChI=1S/C16H17NO3/c1-2-20-15-6-4-3-5-14(15)17-16(19)11-12-7-9-13(18)10-8-12/h3-10,18H,2,11H2,1H3,(H,17,19). The summed E-state index contributed by atoms with van der Waals surface area (Å²) in [4.78, 5) is 12.0. The summed E-state index contributed by atoms with van der Waals surface area (Å²) < 4.78 is 5.46. The Kier molecular flexibility index (Phi) is 4.60. The van der Waals surface area contributed by atoms with E-state index in [1.54, 1.807) is 30.3 Å². The first-order chi connectivity index (χ1) is 9.69. The first-order valence-corrected chi connectivity index (χ1v) is 6.48. The van der Waals surface area contributed by atoms with Gasteiger partial charge in [-0.1, -0.05) is 24.3 Å². The van der Waals surface area contributed by atoms with E-state index in [-0.39, 0.29) is 18.1 Å². The van der Waals surface area contributed by atoms with Gasteiger partial charge >= 0.3 is 0 Å². The number of nitrogens with one attached hydrogen (secondary N) is 1. The van der Waals surface area contributed by atoms with Crippen LogP contribution in [0, 0.1) is 0 Å². The third-order valence-corrected chi connectivity index (χ3v) is 2.76. The second-order valence-corrected chi connectivity index (χ2v) is 4.32. The molecule has 1 amide bonds. The summed E-state index contributed by atoms with van der Waals surface area (Å²) in [7, 11) is 0. The van der Waals surface area contributed by atoms with Gasteiger partial charge in [0.2, 0.25) is 5.91 Å². The number of benzene rings is 2. The van der Waals surface area contributed by atoms with E-state index in [1.807, 2.05) is 25.1 Å². The Morgan fingerprint density at radius 1 is 1.15 bits per heavy atom. The second kappa shape index (κ2) is 6.61. The van der Waals surface area contributed by atoms with Crippen LogP contribution in [0.15, 0.2) is 48.5 Å². The molecule has 0 unspecified atom stereocenters. The fraction of sp³-hybridized carbons (Fsp3) is 0.188. The van der Waals surface area contributed by atoms with Gasteiger partial charge < -0.3 is 15.2 Å². The summed E-state index contributed by atoms with van der Waals surface area (Å²) in [5.74, 6) is 0.729. The molecule has 0 heterocycles. The van der Waals surface area contributed by atoms with Gasteiger partial charge in [-0.2, -0.15) is 0 Å². The minimum Gasteiger partial charge on any atom is -0.508 e. The molecule has 2 aromatic rings. The number of hydrogen-bond acceptors (Lipinski definition) is 3. The van der Waals surface area contributed by atoms with Crippen molar-refractivity contribution in [3.8, 4) is 11.5 Å². The lowest BCUT2D eigenvalue weighted by atomic mass is 10.1. The molecule has 2 rings (SSSR count). The Balaban J connectivity index is 2.02. The molecule has 4 nitrogen and oxygen atoms in total. The fourth-order valence-corrected chi connectivity index (χ4v) is 1.84. The van der Waals surface area contributed by atoms with E-state index in [0.717, 1.165) is 5.56 Å². The second-order valence-electron chi connectivity index (χ2n) is 4.32. The Hall–Kier alpha value is -2.49. The van der Waals surface area contributed by atoms with Gasteiger partial charge in [-0.05, 0) is 36.8 Å². The van der Waals surface area contributed by atoms with E-state index in [9.17, 15) is 9.90 Å². The van der Waals surface area contributed by atoms with Crippen molar-refractivity contribution in [2.24, 2.45) is 0 Å². The van der Waals surface area contributed by atoms with Crippen LogP contribution >= 0.6 is 0 Å². The number of carbonyl (C=O) groups is 1. The first-order valence-electron chi connectivity index (χ1n) is 6.48. The molecule has 0 saturated heterocycles. The van der Waals surface area contributed by atoms with Crippen LogP contribution in [0.4, 0.5) is 5.69 Å². The number of anilines is 1. The highest BCUT2D eigenvalue weighted by Crippen LogP contribution is 2.23. The number of amides is 1. The summed E-state index contributed by atoms with van der Waals surface area (Å²) in [6, 6.07) is 13.9. The number of phenols is 1. The molecular formula is C16H17NO3. The zero-order valence-corrected chi connectivity index (χ0v) is 11.3. The zero-order valence-electron chi connectivity index (χ0n) is 11.3.